The molecule has 0 spiro atoms. The Morgan fingerprint density at radius 1 is 0.977 bits per heavy atom. The van der Waals surface area contributed by atoms with Crippen molar-refractivity contribution in [2.45, 2.75) is 75.0 Å². The summed E-state index contributed by atoms with van der Waals surface area (Å²) in [7, 11) is -4.11. The summed E-state index contributed by atoms with van der Waals surface area (Å²) < 4.78 is 114. The van der Waals surface area contributed by atoms with E-state index in [-0.39, 0.29) is 41.9 Å². The van der Waals surface area contributed by atoms with E-state index in [1.54, 1.807) is 19.1 Å². The van der Waals surface area contributed by atoms with Gasteiger partial charge in [0, 0.05) is 12.8 Å². The molecule has 0 aromatic heterocycles. The van der Waals surface area contributed by atoms with Gasteiger partial charge in [0.1, 0.15) is 11.3 Å². The van der Waals surface area contributed by atoms with Crippen molar-refractivity contribution in [2.75, 3.05) is 6.61 Å². The van der Waals surface area contributed by atoms with Crippen LogP contribution in [-0.4, -0.2) is 44.4 Å². The molecule has 1 unspecified atom stereocenters. The molecule has 2 amide bonds. The number of ether oxygens (including phenoxy) is 1. The van der Waals surface area contributed by atoms with E-state index in [9.17, 15) is 44.3 Å². The van der Waals surface area contributed by atoms with Crippen LogP contribution in [0.15, 0.2) is 54.1 Å². The van der Waals surface area contributed by atoms with Crippen LogP contribution in [-0.2, 0) is 25.2 Å². The predicted molar refractivity (Wildman–Crippen MR) is 145 cm³/mol. The SMILES string of the molecule is Cc1ccc(C2=C(C(=O)NS(=O)(=O)C3CC3)C(=O)NC(c3ccc(OCCCCCC(F)(F)F)cc3)(C(F)(F)F)C2)cc1. The maximum Gasteiger partial charge on any atom is 0.416 e. The van der Waals surface area contributed by atoms with E-state index < -0.39 is 63.4 Å². The van der Waals surface area contributed by atoms with Gasteiger partial charge in [-0.2, -0.15) is 26.3 Å². The Hall–Kier alpha value is -3.55. The first kappa shape index (κ1) is 32.4. The summed E-state index contributed by atoms with van der Waals surface area (Å²) in [6.45, 7) is 1.80. The fourth-order valence-corrected chi connectivity index (χ4v) is 6.10. The molecule has 1 heterocycles. The normalized spacial score (nSPS) is 19.7. The molecule has 0 bridgehead atoms. The molecule has 7 nitrogen and oxygen atoms in total. The fourth-order valence-electron chi connectivity index (χ4n) is 4.81. The maximum absolute atomic E-state index is 14.9. The van der Waals surface area contributed by atoms with Gasteiger partial charge in [0.05, 0.1) is 11.9 Å². The molecule has 2 aromatic rings. The van der Waals surface area contributed by atoms with Gasteiger partial charge in [-0.15, -0.1) is 0 Å². The van der Waals surface area contributed by atoms with Gasteiger partial charge in [-0.25, -0.2) is 13.1 Å². The first-order chi connectivity index (χ1) is 20.0. The highest BCUT2D eigenvalue weighted by molar-refractivity contribution is 7.91. The lowest BCUT2D eigenvalue weighted by molar-refractivity contribution is -0.201. The van der Waals surface area contributed by atoms with Crippen molar-refractivity contribution in [1.82, 2.24) is 10.0 Å². The Morgan fingerprint density at radius 2 is 1.60 bits per heavy atom. The van der Waals surface area contributed by atoms with E-state index in [0.717, 1.165) is 17.7 Å². The smallest absolute Gasteiger partial charge is 0.416 e. The number of halogens is 6. The molecular weight excluding hydrogens is 602 g/mol. The van der Waals surface area contributed by atoms with E-state index in [4.69, 9.17) is 4.74 Å². The fraction of sp³-hybridized carbons (Fsp3) is 0.448. The standard InChI is InChI=1S/C29H30F6N2O5S/c1-18-5-7-19(8-6-18)23-17-27(29(33,34)35,36-25(38)24(23)26(39)37-43(40,41)22-13-14-22)20-9-11-21(12-10-20)42-16-4-2-3-15-28(30,31)32/h5-12,22H,2-4,13-17H2,1H3,(H,36,38)(H,37,39). The quantitative estimate of drug-likeness (QED) is 0.184. The second-order valence-electron chi connectivity index (χ2n) is 10.7. The summed E-state index contributed by atoms with van der Waals surface area (Å²) >= 11 is 0. The Balaban J connectivity index is 1.63. The van der Waals surface area contributed by atoms with Gasteiger partial charge >= 0.3 is 12.4 Å². The summed E-state index contributed by atoms with van der Waals surface area (Å²) in [5.41, 5.74) is -3.42. The van der Waals surface area contributed by atoms with Crippen LogP contribution in [0.1, 0.15) is 61.6 Å². The number of carbonyl (C=O) groups is 2. The Labute approximate surface area is 244 Å². The van der Waals surface area contributed by atoms with Crippen LogP contribution in [0.4, 0.5) is 26.3 Å². The first-order valence-corrected chi connectivity index (χ1v) is 15.1. The van der Waals surface area contributed by atoms with E-state index in [2.05, 4.69) is 0 Å². The minimum absolute atomic E-state index is 0.0564. The summed E-state index contributed by atoms with van der Waals surface area (Å²) in [6.07, 6.45) is -9.96. The van der Waals surface area contributed by atoms with E-state index in [1.807, 2.05) is 10.0 Å². The van der Waals surface area contributed by atoms with Crippen LogP contribution < -0.4 is 14.8 Å². The number of alkyl halides is 6. The summed E-state index contributed by atoms with van der Waals surface area (Å²) in [5, 5.41) is 1.14. The average molecular weight is 633 g/mol. The van der Waals surface area contributed by atoms with Crippen molar-refractivity contribution in [3.8, 4) is 5.75 Å². The molecule has 1 saturated carbocycles. The highest BCUT2D eigenvalue weighted by Crippen LogP contribution is 2.48. The molecule has 1 aliphatic carbocycles. The minimum atomic E-state index is -5.05. The number of unbranched alkanes of at least 4 members (excludes halogenated alkanes) is 2. The molecule has 234 valence electrons. The van der Waals surface area contributed by atoms with Gasteiger partial charge in [-0.3, -0.25) is 9.59 Å². The highest BCUT2D eigenvalue weighted by atomic mass is 32.2. The van der Waals surface area contributed by atoms with E-state index in [0.29, 0.717) is 19.3 Å². The Kier molecular flexibility index (Phi) is 9.19. The van der Waals surface area contributed by atoms with E-state index in [1.165, 1.54) is 24.3 Å². The van der Waals surface area contributed by atoms with Crippen LogP contribution in [0.2, 0.25) is 0 Å². The zero-order valence-corrected chi connectivity index (χ0v) is 23.9. The second kappa shape index (κ2) is 12.2. The second-order valence-corrected chi connectivity index (χ2v) is 12.7. The third kappa shape index (κ3) is 7.70. The van der Waals surface area contributed by atoms with Crippen LogP contribution >= 0.6 is 0 Å². The molecule has 2 aliphatic rings. The minimum Gasteiger partial charge on any atom is -0.494 e. The van der Waals surface area contributed by atoms with Gasteiger partial charge in [0.2, 0.25) is 10.0 Å². The molecule has 0 radical (unpaired) electrons. The summed E-state index contributed by atoms with van der Waals surface area (Å²) in [4.78, 5) is 26.4. The van der Waals surface area contributed by atoms with Gasteiger partial charge < -0.3 is 10.1 Å². The van der Waals surface area contributed by atoms with Crippen molar-refractivity contribution < 1.29 is 49.1 Å². The largest absolute Gasteiger partial charge is 0.494 e. The average Bonchev–Trinajstić information content (AvgIpc) is 3.76. The number of benzene rings is 2. The van der Waals surface area contributed by atoms with Crippen LogP contribution in [0.5, 0.6) is 5.75 Å². The number of carbonyl (C=O) groups excluding carboxylic acids is 2. The molecule has 2 N–H and O–H groups in total. The maximum atomic E-state index is 14.9. The molecule has 1 atom stereocenters. The molecule has 1 aliphatic heterocycles. The van der Waals surface area contributed by atoms with Gasteiger partial charge in [-0.05, 0) is 67.9 Å². The van der Waals surface area contributed by atoms with E-state index >= 15 is 0 Å². The van der Waals surface area contributed by atoms with Crippen molar-refractivity contribution in [3.63, 3.8) is 0 Å². The molecule has 4 rings (SSSR count). The number of sulfonamides is 1. The Bertz CT molecular complexity index is 1480. The topological polar surface area (TPSA) is 102 Å². The number of amides is 2. The number of rotatable bonds is 11. The summed E-state index contributed by atoms with van der Waals surface area (Å²) in [6, 6.07) is 10.8. The van der Waals surface area contributed by atoms with Crippen molar-refractivity contribution in [2.24, 2.45) is 0 Å². The zero-order chi connectivity index (χ0) is 31.6. The van der Waals surface area contributed by atoms with Crippen molar-refractivity contribution in [1.29, 1.82) is 0 Å². The van der Waals surface area contributed by atoms with Gasteiger partial charge in [0.25, 0.3) is 11.8 Å². The zero-order valence-electron chi connectivity index (χ0n) is 23.1. The van der Waals surface area contributed by atoms with Crippen LogP contribution in [0.3, 0.4) is 0 Å². The third-order valence-corrected chi connectivity index (χ3v) is 9.15. The number of hydrogen-bond acceptors (Lipinski definition) is 5. The lowest BCUT2D eigenvalue weighted by Gasteiger charge is -2.41. The molecular formula is C29H30F6N2O5S. The van der Waals surface area contributed by atoms with Gasteiger partial charge in [-0.1, -0.05) is 42.0 Å². The van der Waals surface area contributed by atoms with Crippen LogP contribution in [0.25, 0.3) is 5.57 Å². The summed E-state index contributed by atoms with van der Waals surface area (Å²) in [5.74, 6) is -2.52. The monoisotopic (exact) mass is 632 g/mol. The number of aryl methyl sites for hydroxylation is 1. The predicted octanol–water partition coefficient (Wildman–Crippen LogP) is 5.84. The molecule has 2 aromatic carbocycles. The highest BCUT2D eigenvalue weighted by Gasteiger charge is 2.60. The number of hydrogen-bond donors (Lipinski definition) is 2. The Morgan fingerprint density at radius 3 is 2.16 bits per heavy atom. The molecule has 0 saturated heterocycles. The lowest BCUT2D eigenvalue weighted by Crippen LogP contribution is -2.60. The third-order valence-electron chi connectivity index (χ3n) is 7.33. The molecule has 14 heteroatoms. The molecule has 43 heavy (non-hydrogen) atoms. The lowest BCUT2D eigenvalue weighted by atomic mass is 9.76. The molecule has 1 fully saturated rings. The van der Waals surface area contributed by atoms with Gasteiger partial charge in [0.15, 0.2) is 5.54 Å². The first-order valence-electron chi connectivity index (χ1n) is 13.6. The van der Waals surface area contributed by atoms with Crippen molar-refractivity contribution >= 4 is 27.4 Å². The van der Waals surface area contributed by atoms with Crippen molar-refractivity contribution in [3.05, 3.63) is 70.8 Å². The number of nitrogens with one attached hydrogen (secondary N) is 2. The van der Waals surface area contributed by atoms with Crippen LogP contribution in [0, 0.1) is 6.92 Å².